The highest BCUT2D eigenvalue weighted by Gasteiger charge is 2.11. The lowest BCUT2D eigenvalue weighted by atomic mass is 9.97. The molecule has 0 atom stereocenters. The van der Waals surface area contributed by atoms with Gasteiger partial charge in [-0.1, -0.05) is 23.8 Å². The van der Waals surface area contributed by atoms with E-state index in [2.05, 4.69) is 0 Å². The Morgan fingerprint density at radius 1 is 0.875 bits per heavy atom. The lowest BCUT2D eigenvalue weighted by Crippen LogP contribution is -1.86. The largest absolute Gasteiger partial charge is 0.507 e. The minimum atomic E-state index is 0.190. The molecule has 82 valence electrons. The van der Waals surface area contributed by atoms with E-state index in [0.717, 1.165) is 11.1 Å². The van der Waals surface area contributed by atoms with E-state index in [-0.39, 0.29) is 11.5 Å². The molecule has 0 radical (unpaired) electrons. The van der Waals surface area contributed by atoms with Gasteiger partial charge in [-0.2, -0.15) is 0 Å². The highest BCUT2D eigenvalue weighted by atomic mass is 16.3. The quantitative estimate of drug-likeness (QED) is 0.764. The lowest BCUT2D eigenvalue weighted by molar-refractivity contribution is 0.468. The van der Waals surface area contributed by atoms with Crippen LogP contribution in [-0.4, -0.2) is 10.2 Å². The number of aromatic hydroxyl groups is 2. The van der Waals surface area contributed by atoms with E-state index in [0.29, 0.717) is 11.1 Å². The van der Waals surface area contributed by atoms with E-state index in [9.17, 15) is 10.2 Å². The van der Waals surface area contributed by atoms with Crippen molar-refractivity contribution >= 4 is 0 Å². The van der Waals surface area contributed by atoms with Crippen molar-refractivity contribution in [1.82, 2.24) is 0 Å². The summed E-state index contributed by atoms with van der Waals surface area (Å²) in [7, 11) is 0. The number of phenolic OH excluding ortho intramolecular Hbond substituents is 2. The molecular weight excluding hydrogens is 200 g/mol. The molecule has 2 N–H and O–H groups in total. The molecule has 0 aromatic heterocycles. The standard InChI is InChI=1S/C14H14O2/c1-9-6-7-12(15)11(8-9)14-10(2)4-3-5-13(14)16/h3-8,15-16H,1-2H3. The molecule has 0 heterocycles. The molecule has 0 spiro atoms. The van der Waals surface area contributed by atoms with Gasteiger partial charge >= 0.3 is 0 Å². The molecule has 0 saturated carbocycles. The second-order valence-electron chi connectivity index (χ2n) is 3.99. The minimum absolute atomic E-state index is 0.190. The van der Waals surface area contributed by atoms with Crippen molar-refractivity contribution in [1.29, 1.82) is 0 Å². The molecule has 2 aromatic rings. The van der Waals surface area contributed by atoms with Gasteiger partial charge in [-0.15, -0.1) is 0 Å². The van der Waals surface area contributed by atoms with Crippen LogP contribution >= 0.6 is 0 Å². The molecule has 2 nitrogen and oxygen atoms in total. The number of benzene rings is 2. The van der Waals surface area contributed by atoms with Gasteiger partial charge in [0.1, 0.15) is 11.5 Å². The Kier molecular flexibility index (Phi) is 2.57. The summed E-state index contributed by atoms with van der Waals surface area (Å²) >= 11 is 0. The van der Waals surface area contributed by atoms with Gasteiger partial charge in [0.2, 0.25) is 0 Å². The lowest BCUT2D eigenvalue weighted by Gasteiger charge is -2.10. The van der Waals surface area contributed by atoms with E-state index in [1.165, 1.54) is 0 Å². The van der Waals surface area contributed by atoms with Crippen LogP contribution in [0, 0.1) is 13.8 Å². The highest BCUT2D eigenvalue weighted by molar-refractivity contribution is 5.78. The van der Waals surface area contributed by atoms with Crippen LogP contribution in [0.1, 0.15) is 11.1 Å². The van der Waals surface area contributed by atoms with Crippen LogP contribution in [-0.2, 0) is 0 Å². The van der Waals surface area contributed by atoms with Gasteiger partial charge < -0.3 is 10.2 Å². The molecule has 16 heavy (non-hydrogen) atoms. The van der Waals surface area contributed by atoms with Gasteiger partial charge in [0.25, 0.3) is 0 Å². The summed E-state index contributed by atoms with van der Waals surface area (Å²) in [4.78, 5) is 0. The predicted molar refractivity (Wildman–Crippen MR) is 64.7 cm³/mol. The Morgan fingerprint density at radius 3 is 2.31 bits per heavy atom. The van der Waals surface area contributed by atoms with Crippen LogP contribution in [0.25, 0.3) is 11.1 Å². The number of hydrogen-bond donors (Lipinski definition) is 2. The molecule has 0 amide bonds. The van der Waals surface area contributed by atoms with E-state index in [1.54, 1.807) is 18.2 Å². The van der Waals surface area contributed by atoms with E-state index >= 15 is 0 Å². The first-order valence-corrected chi connectivity index (χ1v) is 5.18. The van der Waals surface area contributed by atoms with Gasteiger partial charge in [-0.3, -0.25) is 0 Å². The zero-order valence-corrected chi connectivity index (χ0v) is 9.36. The summed E-state index contributed by atoms with van der Waals surface area (Å²) in [5.74, 6) is 0.385. The van der Waals surface area contributed by atoms with Gasteiger partial charge in [-0.05, 0) is 37.6 Å². The Morgan fingerprint density at radius 2 is 1.62 bits per heavy atom. The normalized spacial score (nSPS) is 10.4. The van der Waals surface area contributed by atoms with Crippen LogP contribution in [0.15, 0.2) is 36.4 Å². The van der Waals surface area contributed by atoms with Gasteiger partial charge in [0.15, 0.2) is 0 Å². The van der Waals surface area contributed by atoms with Crippen LogP contribution in [0.3, 0.4) is 0 Å². The molecule has 0 fully saturated rings. The number of rotatable bonds is 1. The van der Waals surface area contributed by atoms with Gasteiger partial charge in [0, 0.05) is 11.1 Å². The average Bonchev–Trinajstić information content (AvgIpc) is 2.23. The fraction of sp³-hybridized carbons (Fsp3) is 0.143. The monoisotopic (exact) mass is 214 g/mol. The van der Waals surface area contributed by atoms with Crippen LogP contribution < -0.4 is 0 Å². The maximum absolute atomic E-state index is 9.85. The van der Waals surface area contributed by atoms with E-state index < -0.39 is 0 Å². The Labute approximate surface area is 94.8 Å². The van der Waals surface area contributed by atoms with Crippen molar-refractivity contribution < 1.29 is 10.2 Å². The van der Waals surface area contributed by atoms with Crippen LogP contribution in [0.2, 0.25) is 0 Å². The van der Waals surface area contributed by atoms with Gasteiger partial charge in [-0.25, -0.2) is 0 Å². The van der Waals surface area contributed by atoms with Crippen molar-refractivity contribution in [2.24, 2.45) is 0 Å². The average molecular weight is 214 g/mol. The molecule has 0 aliphatic heterocycles. The third kappa shape index (κ3) is 1.74. The SMILES string of the molecule is Cc1ccc(O)c(-c2c(C)cccc2O)c1. The highest BCUT2D eigenvalue weighted by Crippen LogP contribution is 2.37. The first kappa shape index (κ1) is 10.6. The molecular formula is C14H14O2. The second kappa shape index (κ2) is 3.89. The molecule has 2 heteroatoms. The van der Waals surface area contributed by atoms with Crippen molar-refractivity contribution in [2.75, 3.05) is 0 Å². The van der Waals surface area contributed by atoms with E-state index in [4.69, 9.17) is 0 Å². The summed E-state index contributed by atoms with van der Waals surface area (Å²) in [6, 6.07) is 10.7. The maximum atomic E-state index is 9.85. The van der Waals surface area contributed by atoms with Crippen LogP contribution in [0.5, 0.6) is 11.5 Å². The second-order valence-corrected chi connectivity index (χ2v) is 3.99. The number of phenols is 2. The van der Waals surface area contributed by atoms with Crippen molar-refractivity contribution in [2.45, 2.75) is 13.8 Å². The Bertz CT molecular complexity index is 510. The number of hydrogen-bond acceptors (Lipinski definition) is 2. The summed E-state index contributed by atoms with van der Waals surface area (Å²) < 4.78 is 0. The number of aryl methyl sites for hydroxylation is 2. The fourth-order valence-electron chi connectivity index (χ4n) is 1.85. The third-order valence-electron chi connectivity index (χ3n) is 2.67. The first-order valence-electron chi connectivity index (χ1n) is 5.18. The van der Waals surface area contributed by atoms with Crippen molar-refractivity contribution in [3.05, 3.63) is 47.5 Å². The fourth-order valence-corrected chi connectivity index (χ4v) is 1.85. The van der Waals surface area contributed by atoms with Crippen molar-refractivity contribution in [3.8, 4) is 22.6 Å². The molecule has 0 saturated heterocycles. The summed E-state index contributed by atoms with van der Waals surface area (Å²) in [6.45, 7) is 3.87. The summed E-state index contributed by atoms with van der Waals surface area (Å²) in [6.07, 6.45) is 0. The molecule has 0 bridgehead atoms. The molecule has 2 aromatic carbocycles. The summed E-state index contributed by atoms with van der Waals surface area (Å²) in [5, 5.41) is 19.7. The molecule has 0 aliphatic carbocycles. The van der Waals surface area contributed by atoms with Gasteiger partial charge in [0.05, 0.1) is 0 Å². The Hall–Kier alpha value is -1.96. The molecule has 2 rings (SSSR count). The van der Waals surface area contributed by atoms with Crippen LogP contribution in [0.4, 0.5) is 0 Å². The zero-order valence-electron chi connectivity index (χ0n) is 9.36. The third-order valence-corrected chi connectivity index (χ3v) is 2.67. The smallest absolute Gasteiger partial charge is 0.123 e. The Balaban J connectivity index is 2.72. The molecule has 0 unspecified atom stereocenters. The topological polar surface area (TPSA) is 40.5 Å². The zero-order chi connectivity index (χ0) is 11.7. The first-order chi connectivity index (χ1) is 7.59. The summed E-state index contributed by atoms with van der Waals surface area (Å²) in [5.41, 5.74) is 3.37. The van der Waals surface area contributed by atoms with E-state index in [1.807, 2.05) is 32.0 Å². The van der Waals surface area contributed by atoms with Crippen molar-refractivity contribution in [3.63, 3.8) is 0 Å². The maximum Gasteiger partial charge on any atom is 0.123 e. The molecule has 0 aliphatic rings. The predicted octanol–water partition coefficient (Wildman–Crippen LogP) is 3.38. The minimum Gasteiger partial charge on any atom is -0.507 e.